The number of aromatic hydroxyl groups is 1. The van der Waals surface area contributed by atoms with Gasteiger partial charge in [-0.25, -0.2) is 9.69 Å². The zero-order valence-electron chi connectivity index (χ0n) is 20.1. The number of hydrogen-bond acceptors (Lipinski definition) is 5. The molecule has 0 bridgehead atoms. The molecular formula is C30H27NO5. The Bertz CT molecular complexity index is 1320. The van der Waals surface area contributed by atoms with Gasteiger partial charge in [-0.05, 0) is 46.5 Å². The van der Waals surface area contributed by atoms with Crippen LogP contribution in [0.1, 0.15) is 22.6 Å². The van der Waals surface area contributed by atoms with Gasteiger partial charge in [-0.2, -0.15) is 0 Å². The molecule has 182 valence electrons. The maximum Gasteiger partial charge on any atom is 0.418 e. The maximum absolute atomic E-state index is 13.8. The van der Waals surface area contributed by atoms with Gasteiger partial charge in [0.1, 0.15) is 12.4 Å². The predicted octanol–water partition coefficient (Wildman–Crippen LogP) is 6.25. The van der Waals surface area contributed by atoms with Gasteiger partial charge < -0.3 is 19.3 Å². The second-order valence-electron chi connectivity index (χ2n) is 8.48. The molecule has 0 saturated heterocycles. The molecule has 4 aromatic carbocycles. The van der Waals surface area contributed by atoms with E-state index >= 15 is 0 Å². The van der Waals surface area contributed by atoms with Gasteiger partial charge in [-0.3, -0.25) is 0 Å². The van der Waals surface area contributed by atoms with Crippen molar-refractivity contribution in [2.45, 2.75) is 11.8 Å². The maximum atomic E-state index is 13.8. The first-order valence-corrected chi connectivity index (χ1v) is 11.7. The second kappa shape index (κ2) is 9.85. The average Bonchev–Trinajstić information content (AvgIpc) is 3.25. The summed E-state index contributed by atoms with van der Waals surface area (Å²) in [5.41, 5.74) is 5.28. The number of para-hydroxylation sites is 2. The minimum absolute atomic E-state index is 0.0754. The molecule has 0 aromatic heterocycles. The molecule has 0 unspecified atom stereocenters. The molecule has 6 heteroatoms. The van der Waals surface area contributed by atoms with Gasteiger partial charge in [0.15, 0.2) is 0 Å². The molecule has 0 fully saturated rings. The summed E-state index contributed by atoms with van der Waals surface area (Å²) in [6.07, 6.45) is -0.671. The highest BCUT2D eigenvalue weighted by atomic mass is 16.7. The molecule has 0 aliphatic heterocycles. The van der Waals surface area contributed by atoms with Crippen LogP contribution in [-0.2, 0) is 20.1 Å². The summed E-state index contributed by atoms with van der Waals surface area (Å²) in [5.74, 6) is -1.95. The van der Waals surface area contributed by atoms with Crippen molar-refractivity contribution in [1.82, 2.24) is 0 Å². The zero-order valence-corrected chi connectivity index (χ0v) is 20.1. The van der Waals surface area contributed by atoms with Gasteiger partial charge in [0, 0.05) is 20.1 Å². The van der Waals surface area contributed by atoms with E-state index in [0.29, 0.717) is 5.69 Å². The van der Waals surface area contributed by atoms with Gasteiger partial charge in [0.05, 0.1) is 11.3 Å². The van der Waals surface area contributed by atoms with E-state index in [-0.39, 0.29) is 23.8 Å². The molecule has 5 rings (SSSR count). The molecule has 6 nitrogen and oxygen atoms in total. The number of phenols is 1. The van der Waals surface area contributed by atoms with Crippen molar-refractivity contribution in [3.05, 3.63) is 120 Å². The van der Waals surface area contributed by atoms with Crippen LogP contribution >= 0.6 is 0 Å². The van der Waals surface area contributed by atoms with Crippen LogP contribution in [0.4, 0.5) is 10.5 Å². The molecule has 0 atom stereocenters. The van der Waals surface area contributed by atoms with E-state index in [1.165, 1.54) is 25.2 Å². The van der Waals surface area contributed by atoms with Crippen LogP contribution in [0.25, 0.3) is 11.1 Å². The quantitative estimate of drug-likeness (QED) is 0.316. The summed E-state index contributed by atoms with van der Waals surface area (Å²) in [5, 5.41) is 10.7. The van der Waals surface area contributed by atoms with Crippen molar-refractivity contribution in [3.8, 4) is 16.9 Å². The molecular weight excluding hydrogens is 454 g/mol. The Hall–Kier alpha value is -4.13. The number of carbonyl (C=O) groups excluding carboxylic acids is 1. The largest absolute Gasteiger partial charge is 0.507 e. The Kier molecular flexibility index (Phi) is 6.46. The third kappa shape index (κ3) is 3.90. The van der Waals surface area contributed by atoms with Crippen molar-refractivity contribution in [2.75, 3.05) is 25.7 Å². The second-order valence-corrected chi connectivity index (χ2v) is 8.48. The number of methoxy groups -OCH3 is 2. The number of anilines is 1. The van der Waals surface area contributed by atoms with Crippen molar-refractivity contribution in [2.24, 2.45) is 0 Å². The minimum atomic E-state index is -1.77. The van der Waals surface area contributed by atoms with E-state index in [2.05, 4.69) is 24.3 Å². The molecule has 4 aromatic rings. The number of fused-ring (bicyclic) bond motifs is 3. The Labute approximate surface area is 210 Å². The normalized spacial score (nSPS) is 12.6. The smallest absolute Gasteiger partial charge is 0.418 e. The number of rotatable bonds is 7. The molecule has 1 N–H and O–H groups in total. The van der Waals surface area contributed by atoms with Gasteiger partial charge in [0.2, 0.25) is 0 Å². The minimum Gasteiger partial charge on any atom is -0.507 e. The monoisotopic (exact) mass is 481 g/mol. The van der Waals surface area contributed by atoms with Gasteiger partial charge in [-0.15, -0.1) is 0 Å². The molecule has 1 aliphatic carbocycles. The van der Waals surface area contributed by atoms with Crippen LogP contribution in [-0.4, -0.2) is 32.0 Å². The number of amides is 1. The lowest BCUT2D eigenvalue weighted by Crippen LogP contribution is -2.53. The molecule has 0 saturated carbocycles. The number of benzene rings is 4. The third-order valence-corrected chi connectivity index (χ3v) is 6.63. The number of phenolic OH excluding ortho intramolecular Hbond substituents is 1. The van der Waals surface area contributed by atoms with E-state index in [1.807, 2.05) is 30.3 Å². The highest BCUT2D eigenvalue weighted by Gasteiger charge is 2.47. The summed E-state index contributed by atoms with van der Waals surface area (Å²) in [7, 11) is 2.84. The van der Waals surface area contributed by atoms with E-state index in [1.54, 1.807) is 42.5 Å². The standard InChI is InChI=1S/C30H27NO5/c1-34-30(35-2,27-18-10-11-19-28(27)32)31(21-12-4-3-5-13-21)29(33)36-20-26-24-16-8-6-14-22(24)23-15-7-9-17-25(23)26/h3-19,26,32H,20H2,1-2H3. The van der Waals surface area contributed by atoms with E-state index < -0.39 is 12.0 Å². The fraction of sp³-hybridized carbons (Fsp3) is 0.167. The average molecular weight is 482 g/mol. The van der Waals surface area contributed by atoms with E-state index in [9.17, 15) is 9.90 Å². The number of carbonyl (C=O) groups is 1. The fourth-order valence-corrected chi connectivity index (χ4v) is 4.98. The summed E-state index contributed by atoms with van der Waals surface area (Å²) < 4.78 is 17.6. The van der Waals surface area contributed by atoms with Gasteiger partial charge in [0.25, 0.3) is 5.91 Å². The summed E-state index contributed by atoms with van der Waals surface area (Å²) in [6.45, 7) is 0.125. The van der Waals surface area contributed by atoms with Crippen molar-refractivity contribution in [3.63, 3.8) is 0 Å². The molecule has 0 radical (unpaired) electrons. The van der Waals surface area contributed by atoms with Gasteiger partial charge in [-0.1, -0.05) is 78.9 Å². The highest BCUT2D eigenvalue weighted by molar-refractivity contribution is 5.89. The van der Waals surface area contributed by atoms with E-state index in [0.717, 1.165) is 22.3 Å². The topological polar surface area (TPSA) is 68.2 Å². The van der Waals surface area contributed by atoms with Crippen molar-refractivity contribution in [1.29, 1.82) is 0 Å². The lowest BCUT2D eigenvalue weighted by molar-refractivity contribution is -0.212. The Morgan fingerprint density at radius 1 is 0.778 bits per heavy atom. The highest BCUT2D eigenvalue weighted by Crippen LogP contribution is 2.45. The number of nitrogens with zero attached hydrogens (tertiary/aromatic N) is 1. The van der Waals surface area contributed by atoms with Crippen LogP contribution in [0.15, 0.2) is 103 Å². The molecule has 0 heterocycles. The fourth-order valence-electron chi connectivity index (χ4n) is 4.98. The van der Waals surface area contributed by atoms with Crippen LogP contribution in [0.5, 0.6) is 5.75 Å². The summed E-state index contributed by atoms with van der Waals surface area (Å²) >= 11 is 0. The molecule has 1 aliphatic rings. The van der Waals surface area contributed by atoms with Crippen molar-refractivity contribution < 1.29 is 24.1 Å². The first kappa shape index (κ1) is 23.6. The first-order chi connectivity index (χ1) is 17.6. The van der Waals surface area contributed by atoms with Crippen LogP contribution in [0, 0.1) is 0 Å². The molecule has 36 heavy (non-hydrogen) atoms. The van der Waals surface area contributed by atoms with Crippen LogP contribution in [0.3, 0.4) is 0 Å². The number of ether oxygens (including phenoxy) is 3. The summed E-state index contributed by atoms with van der Waals surface area (Å²) in [6, 6.07) is 31.9. The van der Waals surface area contributed by atoms with Crippen LogP contribution in [0.2, 0.25) is 0 Å². The lowest BCUT2D eigenvalue weighted by atomic mass is 9.98. The predicted molar refractivity (Wildman–Crippen MR) is 138 cm³/mol. The zero-order chi connectivity index (χ0) is 25.1. The number of hydrogen-bond donors (Lipinski definition) is 1. The first-order valence-electron chi connectivity index (χ1n) is 11.7. The van der Waals surface area contributed by atoms with E-state index in [4.69, 9.17) is 14.2 Å². The van der Waals surface area contributed by atoms with Crippen molar-refractivity contribution >= 4 is 11.8 Å². The molecule has 0 spiro atoms. The SMILES string of the molecule is COC(OC)(c1ccccc1O)N(C(=O)OCC1c2ccccc2-c2ccccc21)c1ccccc1. The van der Waals surface area contributed by atoms with Gasteiger partial charge >= 0.3 is 6.09 Å². The van der Waals surface area contributed by atoms with Crippen LogP contribution < -0.4 is 4.90 Å². The Balaban J connectivity index is 1.52. The third-order valence-electron chi connectivity index (χ3n) is 6.63. The lowest BCUT2D eigenvalue weighted by Gasteiger charge is -2.40. The Morgan fingerprint density at radius 3 is 1.89 bits per heavy atom. The Morgan fingerprint density at radius 2 is 1.31 bits per heavy atom. The molecule has 1 amide bonds. The summed E-state index contributed by atoms with van der Waals surface area (Å²) in [4.78, 5) is 15.1.